The standard InChI is InChI=1S/C33H29F3N2O3S/c1-37(2)27-24(16-21-9-5-8-18-7-3-4-12-23(18)21)26(19-13-14-19)30-38(29(27)39)32(31(40)41)17-25(28(32)42-30)20-10-6-11-22(15-20)33(34,35)36/h3-12,15,19,25,28H,13-14,16-17H2,1-2H3,(H,40,41)/t25-,28?,32?/m0/s1. The Morgan fingerprint density at radius 2 is 1.79 bits per heavy atom. The summed E-state index contributed by atoms with van der Waals surface area (Å²) in [6, 6.07) is 19.4. The lowest BCUT2D eigenvalue weighted by Gasteiger charge is -2.48. The van der Waals surface area contributed by atoms with E-state index in [1.54, 1.807) is 11.0 Å². The van der Waals surface area contributed by atoms with Crippen molar-refractivity contribution in [3.63, 3.8) is 0 Å². The van der Waals surface area contributed by atoms with E-state index < -0.39 is 34.4 Å². The van der Waals surface area contributed by atoms with Gasteiger partial charge in [-0.15, -0.1) is 11.8 Å². The fraction of sp³-hybridized carbons (Fsp3) is 0.333. The third-order valence-electron chi connectivity index (χ3n) is 9.15. The van der Waals surface area contributed by atoms with Crippen LogP contribution in [0.15, 0.2) is 76.6 Å². The van der Waals surface area contributed by atoms with Crippen molar-refractivity contribution in [2.24, 2.45) is 0 Å². The van der Waals surface area contributed by atoms with E-state index in [0.717, 1.165) is 52.4 Å². The summed E-state index contributed by atoms with van der Waals surface area (Å²) in [6.45, 7) is 0. The Kier molecular flexibility index (Phi) is 6.07. The number of anilines is 1. The van der Waals surface area contributed by atoms with Gasteiger partial charge in [0.15, 0.2) is 5.54 Å². The minimum Gasteiger partial charge on any atom is -0.479 e. The predicted octanol–water partition coefficient (Wildman–Crippen LogP) is 7.00. The smallest absolute Gasteiger partial charge is 0.416 e. The number of carbonyl (C=O) groups is 1. The molecule has 2 unspecified atom stereocenters. The first-order valence-corrected chi connectivity index (χ1v) is 14.9. The van der Waals surface area contributed by atoms with Gasteiger partial charge in [-0.2, -0.15) is 13.2 Å². The highest BCUT2D eigenvalue weighted by Crippen LogP contribution is 2.64. The molecule has 0 radical (unpaired) electrons. The molecule has 3 aliphatic rings. The maximum Gasteiger partial charge on any atom is 0.416 e. The number of halogens is 3. The van der Waals surface area contributed by atoms with Crippen LogP contribution in [0.4, 0.5) is 18.9 Å². The SMILES string of the molecule is CN(C)c1c(Cc2cccc3ccccc23)c(C2CC2)c2n(c1=O)C1(C(=O)O)C[C@@H](c3cccc(C(F)(F)F)c3)C1S2. The third kappa shape index (κ3) is 3.92. The number of carboxylic acids is 1. The zero-order valence-corrected chi connectivity index (χ0v) is 23.9. The van der Waals surface area contributed by atoms with E-state index in [4.69, 9.17) is 0 Å². The zero-order valence-electron chi connectivity index (χ0n) is 23.1. The highest BCUT2D eigenvalue weighted by atomic mass is 32.2. The van der Waals surface area contributed by atoms with Crippen LogP contribution in [0.1, 0.15) is 58.9 Å². The zero-order chi connectivity index (χ0) is 29.6. The van der Waals surface area contributed by atoms with Gasteiger partial charge in [-0.25, -0.2) is 4.79 Å². The number of thioether (sulfide) groups is 1. The van der Waals surface area contributed by atoms with E-state index in [1.165, 1.54) is 22.4 Å². The number of aliphatic carboxylic acids is 1. The summed E-state index contributed by atoms with van der Waals surface area (Å²) in [7, 11) is 3.62. The fourth-order valence-corrected chi connectivity index (χ4v) is 8.97. The van der Waals surface area contributed by atoms with Gasteiger partial charge in [-0.3, -0.25) is 9.36 Å². The Bertz CT molecular complexity index is 1820. The van der Waals surface area contributed by atoms with E-state index in [0.29, 0.717) is 22.7 Å². The number of nitrogens with zero attached hydrogens (tertiary/aromatic N) is 2. The molecule has 42 heavy (non-hydrogen) atoms. The molecule has 2 saturated carbocycles. The van der Waals surface area contributed by atoms with Crippen molar-refractivity contribution in [3.05, 3.63) is 105 Å². The molecule has 7 rings (SSSR count). The third-order valence-corrected chi connectivity index (χ3v) is 10.7. The number of rotatable bonds is 6. The van der Waals surface area contributed by atoms with Gasteiger partial charge in [0.05, 0.1) is 15.8 Å². The highest BCUT2D eigenvalue weighted by Gasteiger charge is 2.67. The largest absolute Gasteiger partial charge is 0.479 e. The fourth-order valence-electron chi connectivity index (χ4n) is 7.05. The lowest BCUT2D eigenvalue weighted by atomic mass is 9.64. The molecule has 1 aromatic heterocycles. The van der Waals surface area contributed by atoms with Crippen LogP contribution in [0, 0.1) is 0 Å². The maximum atomic E-state index is 14.4. The second-order valence-corrected chi connectivity index (χ2v) is 13.0. The van der Waals surface area contributed by atoms with E-state index in [1.807, 2.05) is 32.3 Å². The van der Waals surface area contributed by atoms with Crippen LogP contribution in [0.2, 0.25) is 0 Å². The first-order valence-electron chi connectivity index (χ1n) is 14.1. The van der Waals surface area contributed by atoms with Crippen LogP contribution in [0.5, 0.6) is 0 Å². The Morgan fingerprint density at radius 1 is 1.07 bits per heavy atom. The molecule has 0 amide bonds. The molecule has 2 fully saturated rings. The molecule has 0 bridgehead atoms. The van der Waals surface area contributed by atoms with Crippen molar-refractivity contribution in [2.75, 3.05) is 19.0 Å². The van der Waals surface area contributed by atoms with Crippen molar-refractivity contribution < 1.29 is 23.1 Å². The second-order valence-electron chi connectivity index (χ2n) is 11.9. The quantitative estimate of drug-likeness (QED) is 0.262. The highest BCUT2D eigenvalue weighted by molar-refractivity contribution is 8.00. The first-order chi connectivity index (χ1) is 20.0. The molecule has 9 heteroatoms. The van der Waals surface area contributed by atoms with Crippen molar-refractivity contribution in [2.45, 2.75) is 59.5 Å². The number of pyridine rings is 1. The van der Waals surface area contributed by atoms with Gasteiger partial charge in [0, 0.05) is 26.4 Å². The maximum absolute atomic E-state index is 14.4. The van der Waals surface area contributed by atoms with Gasteiger partial charge >= 0.3 is 12.1 Å². The van der Waals surface area contributed by atoms with E-state index in [2.05, 4.69) is 24.3 Å². The number of fused-ring (bicyclic) bond motifs is 4. The molecular weight excluding hydrogens is 561 g/mol. The van der Waals surface area contributed by atoms with Gasteiger partial charge < -0.3 is 10.0 Å². The van der Waals surface area contributed by atoms with E-state index in [9.17, 15) is 27.9 Å². The Morgan fingerprint density at radius 3 is 2.48 bits per heavy atom. The van der Waals surface area contributed by atoms with Crippen molar-refractivity contribution in [1.82, 2.24) is 4.57 Å². The van der Waals surface area contributed by atoms with Crippen LogP contribution >= 0.6 is 11.8 Å². The van der Waals surface area contributed by atoms with Crippen LogP contribution in [-0.4, -0.2) is 35.0 Å². The Hall–Kier alpha value is -3.72. The molecule has 1 aliphatic heterocycles. The van der Waals surface area contributed by atoms with Crippen LogP contribution in [-0.2, 0) is 22.9 Å². The topological polar surface area (TPSA) is 62.5 Å². The molecule has 4 aromatic rings. The summed E-state index contributed by atoms with van der Waals surface area (Å²) in [5, 5.41) is 12.9. The van der Waals surface area contributed by atoms with E-state index >= 15 is 0 Å². The minimum atomic E-state index is -4.50. The number of alkyl halides is 3. The molecule has 216 valence electrons. The molecule has 0 spiro atoms. The Labute approximate surface area is 245 Å². The lowest BCUT2D eigenvalue weighted by Crippen LogP contribution is -2.61. The van der Waals surface area contributed by atoms with Gasteiger partial charge in [-0.05, 0) is 64.3 Å². The molecule has 5 nitrogen and oxygen atoms in total. The van der Waals surface area contributed by atoms with Gasteiger partial charge in [0.25, 0.3) is 5.56 Å². The second kappa shape index (κ2) is 9.39. The summed E-state index contributed by atoms with van der Waals surface area (Å²) in [5.41, 5.74) is 1.35. The van der Waals surface area contributed by atoms with Crippen LogP contribution in [0.25, 0.3) is 10.8 Å². The lowest BCUT2D eigenvalue weighted by molar-refractivity contribution is -0.153. The van der Waals surface area contributed by atoms with E-state index in [-0.39, 0.29) is 17.9 Å². The number of benzene rings is 3. The number of aromatic nitrogens is 1. The minimum absolute atomic E-state index is 0.0634. The van der Waals surface area contributed by atoms with Crippen LogP contribution < -0.4 is 10.5 Å². The predicted molar refractivity (Wildman–Crippen MR) is 158 cm³/mol. The summed E-state index contributed by atoms with van der Waals surface area (Å²) >= 11 is 1.37. The first kappa shape index (κ1) is 27.1. The monoisotopic (exact) mass is 590 g/mol. The average Bonchev–Trinajstić information content (AvgIpc) is 3.73. The van der Waals surface area contributed by atoms with Crippen molar-refractivity contribution in [3.8, 4) is 0 Å². The van der Waals surface area contributed by atoms with Crippen LogP contribution in [0.3, 0.4) is 0 Å². The molecule has 2 aliphatic carbocycles. The van der Waals surface area contributed by atoms with Gasteiger partial charge in [0.2, 0.25) is 0 Å². The molecule has 3 atom stereocenters. The normalized spacial score (nSPS) is 22.9. The average molecular weight is 591 g/mol. The molecule has 2 heterocycles. The summed E-state index contributed by atoms with van der Waals surface area (Å²) in [4.78, 5) is 29.2. The Balaban J connectivity index is 1.41. The molecular formula is C33H29F3N2O3S. The summed E-state index contributed by atoms with van der Waals surface area (Å²) in [6.07, 6.45) is -2.02. The van der Waals surface area contributed by atoms with Gasteiger partial charge in [-0.1, -0.05) is 60.7 Å². The molecule has 0 saturated heterocycles. The van der Waals surface area contributed by atoms with Crippen molar-refractivity contribution >= 4 is 34.2 Å². The molecule has 3 aromatic carbocycles. The van der Waals surface area contributed by atoms with Gasteiger partial charge in [0.1, 0.15) is 5.69 Å². The molecule has 1 N–H and O–H groups in total. The number of hydrogen-bond donors (Lipinski definition) is 1. The number of carboxylic acid groups (broad SMARTS) is 1. The summed E-state index contributed by atoms with van der Waals surface area (Å²) in [5.74, 6) is -1.33. The van der Waals surface area contributed by atoms with Crippen molar-refractivity contribution in [1.29, 1.82) is 0 Å². The number of hydrogen-bond acceptors (Lipinski definition) is 4. The summed E-state index contributed by atoms with van der Waals surface area (Å²) < 4.78 is 42.1.